The van der Waals surface area contributed by atoms with Crippen molar-refractivity contribution in [3.05, 3.63) is 65.6 Å². The first-order valence-electron chi connectivity index (χ1n) is 7.88. The van der Waals surface area contributed by atoms with Crippen molar-refractivity contribution in [2.75, 3.05) is 13.2 Å². The predicted octanol–water partition coefficient (Wildman–Crippen LogP) is 3.32. The molecule has 0 aliphatic carbocycles. The van der Waals surface area contributed by atoms with Crippen LogP contribution in [0.5, 0.6) is 5.75 Å². The minimum atomic E-state index is -0.642. The highest BCUT2D eigenvalue weighted by atomic mass is 35.5. The summed E-state index contributed by atoms with van der Waals surface area (Å²) >= 11 is 6.14. The third kappa shape index (κ3) is 4.55. The van der Waals surface area contributed by atoms with Crippen LogP contribution in [0.15, 0.2) is 59.2 Å². The average molecular weight is 374 g/mol. The van der Waals surface area contributed by atoms with E-state index in [2.05, 4.69) is 5.32 Å². The fourth-order valence-electron chi connectivity index (χ4n) is 2.33. The zero-order valence-corrected chi connectivity index (χ0v) is 14.5. The summed E-state index contributed by atoms with van der Waals surface area (Å²) in [6.07, 6.45) is 1.51. The van der Waals surface area contributed by atoms with Crippen molar-refractivity contribution in [3.63, 3.8) is 0 Å². The molecule has 0 aliphatic heterocycles. The Labute approximate surface area is 154 Å². The fourth-order valence-corrected chi connectivity index (χ4v) is 2.56. The highest BCUT2D eigenvalue weighted by molar-refractivity contribution is 6.35. The summed E-state index contributed by atoms with van der Waals surface area (Å²) in [7, 11) is 0. The van der Waals surface area contributed by atoms with Gasteiger partial charge >= 0.3 is 5.97 Å². The lowest BCUT2D eigenvalue weighted by Crippen LogP contribution is -2.29. The van der Waals surface area contributed by atoms with Gasteiger partial charge < -0.3 is 19.2 Å². The summed E-state index contributed by atoms with van der Waals surface area (Å²) in [5, 5.41) is 4.81. The Hall–Kier alpha value is -2.99. The molecule has 3 rings (SSSR count). The number of hydrogen-bond donors (Lipinski definition) is 1. The van der Waals surface area contributed by atoms with Gasteiger partial charge in [0.1, 0.15) is 11.5 Å². The number of ether oxygens (including phenoxy) is 2. The van der Waals surface area contributed by atoms with E-state index in [1.54, 1.807) is 24.3 Å². The molecule has 0 aliphatic rings. The van der Waals surface area contributed by atoms with E-state index in [4.69, 9.17) is 25.5 Å². The van der Waals surface area contributed by atoms with Gasteiger partial charge in [0, 0.05) is 15.8 Å². The smallest absolute Gasteiger partial charge is 0.344 e. The van der Waals surface area contributed by atoms with E-state index in [1.807, 2.05) is 24.3 Å². The SMILES string of the molecule is O=C(COC(=O)COc1ccc(Cl)c2ccccc12)NCc1ccco1. The molecule has 0 saturated heterocycles. The summed E-state index contributed by atoms with van der Waals surface area (Å²) < 4.78 is 15.5. The molecule has 1 N–H and O–H groups in total. The van der Waals surface area contributed by atoms with Crippen molar-refractivity contribution in [1.82, 2.24) is 5.32 Å². The van der Waals surface area contributed by atoms with E-state index in [0.717, 1.165) is 10.8 Å². The standard InChI is InChI=1S/C19H16ClNO5/c20-16-7-8-17(15-6-2-1-5-14(15)16)25-12-19(23)26-11-18(22)21-10-13-4-3-9-24-13/h1-9H,10-12H2,(H,21,22). The number of benzene rings is 2. The number of fused-ring (bicyclic) bond motifs is 1. The summed E-state index contributed by atoms with van der Waals surface area (Å²) in [5.41, 5.74) is 0. The summed E-state index contributed by atoms with van der Waals surface area (Å²) in [4.78, 5) is 23.4. The third-order valence-electron chi connectivity index (χ3n) is 3.58. The van der Waals surface area contributed by atoms with Gasteiger partial charge in [0.25, 0.3) is 5.91 Å². The van der Waals surface area contributed by atoms with Crippen LogP contribution in [-0.4, -0.2) is 25.1 Å². The van der Waals surface area contributed by atoms with Gasteiger partial charge in [-0.15, -0.1) is 0 Å². The summed E-state index contributed by atoms with van der Waals surface area (Å²) in [6.45, 7) is -0.460. The van der Waals surface area contributed by atoms with Crippen LogP contribution in [-0.2, 0) is 20.9 Å². The average Bonchev–Trinajstić information content (AvgIpc) is 3.18. The maximum atomic E-state index is 11.8. The first kappa shape index (κ1) is 17.8. The number of carbonyl (C=O) groups excluding carboxylic acids is 2. The van der Waals surface area contributed by atoms with E-state index >= 15 is 0 Å². The van der Waals surface area contributed by atoms with Gasteiger partial charge in [-0.2, -0.15) is 0 Å². The number of amides is 1. The molecule has 7 heteroatoms. The molecular formula is C19H16ClNO5. The van der Waals surface area contributed by atoms with Crippen LogP contribution in [0.25, 0.3) is 10.8 Å². The third-order valence-corrected chi connectivity index (χ3v) is 3.91. The van der Waals surface area contributed by atoms with Crippen molar-refractivity contribution < 1.29 is 23.5 Å². The Kier molecular flexibility index (Phi) is 5.76. The monoisotopic (exact) mass is 373 g/mol. The molecule has 1 amide bonds. The second-order valence-corrected chi connectivity index (χ2v) is 5.80. The van der Waals surface area contributed by atoms with Gasteiger partial charge in [-0.25, -0.2) is 4.79 Å². The van der Waals surface area contributed by atoms with Gasteiger partial charge in [0.15, 0.2) is 13.2 Å². The first-order chi connectivity index (χ1) is 12.6. The van der Waals surface area contributed by atoms with Crippen LogP contribution in [0, 0.1) is 0 Å². The number of hydrogen-bond acceptors (Lipinski definition) is 5. The quantitative estimate of drug-likeness (QED) is 0.643. The summed E-state index contributed by atoms with van der Waals surface area (Å²) in [6, 6.07) is 14.3. The zero-order chi connectivity index (χ0) is 18.4. The molecule has 2 aromatic carbocycles. The predicted molar refractivity (Wildman–Crippen MR) is 96.0 cm³/mol. The number of esters is 1. The molecule has 3 aromatic rings. The molecule has 1 aromatic heterocycles. The van der Waals surface area contributed by atoms with Gasteiger partial charge in [0.2, 0.25) is 0 Å². The fraction of sp³-hybridized carbons (Fsp3) is 0.158. The first-order valence-corrected chi connectivity index (χ1v) is 8.26. The Morgan fingerprint density at radius 1 is 1.00 bits per heavy atom. The minimum absolute atomic E-state index is 0.233. The maximum absolute atomic E-state index is 11.8. The topological polar surface area (TPSA) is 77.8 Å². The normalized spacial score (nSPS) is 10.5. The molecule has 0 spiro atoms. The summed E-state index contributed by atoms with van der Waals surface area (Å²) in [5.74, 6) is 0.0655. The van der Waals surface area contributed by atoms with E-state index < -0.39 is 11.9 Å². The van der Waals surface area contributed by atoms with Crippen LogP contribution in [0.1, 0.15) is 5.76 Å². The number of rotatable bonds is 7. The Bertz CT molecular complexity index is 907. The van der Waals surface area contributed by atoms with Crippen LogP contribution < -0.4 is 10.1 Å². The van der Waals surface area contributed by atoms with Crippen molar-refractivity contribution >= 4 is 34.2 Å². The van der Waals surface area contributed by atoms with Gasteiger partial charge in [0.05, 0.1) is 12.8 Å². The minimum Gasteiger partial charge on any atom is -0.481 e. The van der Waals surface area contributed by atoms with Crippen LogP contribution in [0.2, 0.25) is 5.02 Å². The molecule has 0 unspecified atom stereocenters. The van der Waals surface area contributed by atoms with Crippen LogP contribution in [0.4, 0.5) is 0 Å². The lowest BCUT2D eigenvalue weighted by atomic mass is 10.1. The van der Waals surface area contributed by atoms with Crippen molar-refractivity contribution in [2.45, 2.75) is 6.54 Å². The molecule has 1 heterocycles. The van der Waals surface area contributed by atoms with E-state index in [9.17, 15) is 9.59 Å². The van der Waals surface area contributed by atoms with Crippen LogP contribution in [0.3, 0.4) is 0 Å². The van der Waals surface area contributed by atoms with Gasteiger partial charge in [-0.3, -0.25) is 4.79 Å². The Balaban J connectivity index is 1.47. The number of nitrogens with one attached hydrogen (secondary N) is 1. The molecule has 0 saturated carbocycles. The molecule has 0 bridgehead atoms. The number of halogens is 1. The highest BCUT2D eigenvalue weighted by Gasteiger charge is 2.11. The van der Waals surface area contributed by atoms with E-state index in [1.165, 1.54) is 6.26 Å². The lowest BCUT2D eigenvalue weighted by molar-refractivity contribution is -0.150. The Morgan fingerprint density at radius 2 is 1.81 bits per heavy atom. The number of furan rings is 1. The lowest BCUT2D eigenvalue weighted by Gasteiger charge is -2.10. The molecule has 0 radical (unpaired) electrons. The molecule has 6 nitrogen and oxygen atoms in total. The second-order valence-electron chi connectivity index (χ2n) is 5.40. The molecule has 134 valence electrons. The molecular weight excluding hydrogens is 358 g/mol. The van der Waals surface area contributed by atoms with Crippen molar-refractivity contribution in [2.24, 2.45) is 0 Å². The molecule has 0 atom stereocenters. The van der Waals surface area contributed by atoms with Crippen molar-refractivity contribution in [1.29, 1.82) is 0 Å². The Morgan fingerprint density at radius 3 is 2.58 bits per heavy atom. The molecule has 0 fully saturated rings. The highest BCUT2D eigenvalue weighted by Crippen LogP contribution is 2.31. The second kappa shape index (κ2) is 8.40. The number of carbonyl (C=O) groups is 2. The van der Waals surface area contributed by atoms with Crippen molar-refractivity contribution in [3.8, 4) is 5.75 Å². The van der Waals surface area contributed by atoms with E-state index in [-0.39, 0.29) is 19.8 Å². The zero-order valence-electron chi connectivity index (χ0n) is 13.7. The van der Waals surface area contributed by atoms with Gasteiger partial charge in [-0.05, 0) is 24.3 Å². The van der Waals surface area contributed by atoms with E-state index in [0.29, 0.717) is 16.5 Å². The van der Waals surface area contributed by atoms with Gasteiger partial charge in [-0.1, -0.05) is 35.9 Å². The largest absolute Gasteiger partial charge is 0.481 e. The maximum Gasteiger partial charge on any atom is 0.344 e. The molecule has 26 heavy (non-hydrogen) atoms. The van der Waals surface area contributed by atoms with Crippen LogP contribution >= 0.6 is 11.6 Å².